The van der Waals surface area contributed by atoms with Crippen LogP contribution in [0.25, 0.3) is 0 Å². The Morgan fingerprint density at radius 2 is 1.75 bits per heavy atom. The SMILES string of the molecule is COC(=O)[C@H]1C(C(=O)OC(C)C)=C(C)O[C@@H]1c1ccc(OC)cc1. The second-order valence-corrected chi connectivity index (χ2v) is 5.74. The molecule has 0 fully saturated rings. The second kappa shape index (κ2) is 7.38. The molecule has 1 aliphatic heterocycles. The van der Waals surface area contributed by atoms with Crippen molar-refractivity contribution in [2.75, 3.05) is 14.2 Å². The molecule has 130 valence electrons. The van der Waals surface area contributed by atoms with Gasteiger partial charge in [0, 0.05) is 0 Å². The Morgan fingerprint density at radius 1 is 1.12 bits per heavy atom. The Morgan fingerprint density at radius 3 is 2.25 bits per heavy atom. The van der Waals surface area contributed by atoms with Crippen LogP contribution >= 0.6 is 0 Å². The molecule has 0 spiro atoms. The molecule has 0 unspecified atom stereocenters. The van der Waals surface area contributed by atoms with Gasteiger partial charge in [-0.2, -0.15) is 0 Å². The van der Waals surface area contributed by atoms with Crippen molar-refractivity contribution in [1.29, 1.82) is 0 Å². The molecule has 0 aliphatic carbocycles. The smallest absolute Gasteiger partial charge is 0.338 e. The molecule has 0 radical (unpaired) electrons. The molecule has 24 heavy (non-hydrogen) atoms. The maximum atomic E-state index is 12.4. The van der Waals surface area contributed by atoms with Crippen molar-refractivity contribution in [2.24, 2.45) is 5.92 Å². The van der Waals surface area contributed by atoms with E-state index >= 15 is 0 Å². The monoisotopic (exact) mass is 334 g/mol. The highest BCUT2D eigenvalue weighted by atomic mass is 16.6. The van der Waals surface area contributed by atoms with Crippen LogP contribution in [0, 0.1) is 5.92 Å². The lowest BCUT2D eigenvalue weighted by Gasteiger charge is -2.20. The van der Waals surface area contributed by atoms with Gasteiger partial charge in [0.05, 0.1) is 25.9 Å². The number of esters is 2. The largest absolute Gasteiger partial charge is 0.497 e. The summed E-state index contributed by atoms with van der Waals surface area (Å²) in [6.07, 6.45) is -0.936. The van der Waals surface area contributed by atoms with Gasteiger partial charge in [-0.25, -0.2) is 4.79 Å². The average Bonchev–Trinajstić information content (AvgIpc) is 2.91. The van der Waals surface area contributed by atoms with Crippen LogP contribution in [0.15, 0.2) is 35.6 Å². The van der Waals surface area contributed by atoms with E-state index in [-0.39, 0.29) is 11.7 Å². The van der Waals surface area contributed by atoms with E-state index in [0.717, 1.165) is 5.56 Å². The van der Waals surface area contributed by atoms with E-state index < -0.39 is 24.0 Å². The minimum atomic E-state index is -0.866. The van der Waals surface area contributed by atoms with E-state index in [4.69, 9.17) is 18.9 Å². The molecule has 2 atom stereocenters. The molecule has 0 N–H and O–H groups in total. The summed E-state index contributed by atoms with van der Waals surface area (Å²) in [5.74, 6) is -0.903. The first-order chi connectivity index (χ1) is 11.4. The number of allylic oxidation sites excluding steroid dienone is 1. The molecule has 1 aromatic carbocycles. The molecule has 6 heteroatoms. The first-order valence-electron chi connectivity index (χ1n) is 7.69. The fourth-order valence-electron chi connectivity index (χ4n) is 2.66. The lowest BCUT2D eigenvalue weighted by atomic mass is 9.90. The standard InChI is InChI=1S/C18H22O6/c1-10(2)23-18(20)14-11(3)24-16(15(14)17(19)22-5)12-6-8-13(21-4)9-7-12/h6-10,15-16H,1-5H3/t15-,16+/m0/s1. The molecule has 1 aromatic rings. The maximum Gasteiger partial charge on any atom is 0.338 e. The van der Waals surface area contributed by atoms with E-state index in [1.807, 2.05) is 0 Å². The number of carbonyl (C=O) groups excluding carboxylic acids is 2. The van der Waals surface area contributed by atoms with Crippen molar-refractivity contribution in [3.05, 3.63) is 41.2 Å². The van der Waals surface area contributed by atoms with E-state index in [2.05, 4.69) is 0 Å². The Balaban J connectivity index is 2.36. The summed E-state index contributed by atoms with van der Waals surface area (Å²) in [7, 11) is 2.86. The van der Waals surface area contributed by atoms with Crippen LogP contribution in [0.3, 0.4) is 0 Å². The van der Waals surface area contributed by atoms with E-state index in [0.29, 0.717) is 11.5 Å². The van der Waals surface area contributed by atoms with E-state index in [1.165, 1.54) is 7.11 Å². The molecular formula is C18H22O6. The molecule has 1 heterocycles. The number of ether oxygens (including phenoxy) is 4. The molecule has 0 saturated carbocycles. The minimum absolute atomic E-state index is 0.205. The molecule has 2 rings (SSSR count). The summed E-state index contributed by atoms with van der Waals surface area (Å²) in [6, 6.07) is 7.13. The first kappa shape index (κ1) is 17.8. The first-order valence-corrected chi connectivity index (χ1v) is 7.69. The third kappa shape index (κ3) is 3.53. The minimum Gasteiger partial charge on any atom is -0.497 e. The maximum absolute atomic E-state index is 12.4. The van der Waals surface area contributed by atoms with Crippen molar-refractivity contribution < 1.29 is 28.5 Å². The summed E-state index contributed by atoms with van der Waals surface area (Å²) in [6.45, 7) is 5.14. The zero-order valence-electron chi connectivity index (χ0n) is 14.5. The van der Waals surface area contributed by atoms with E-state index in [9.17, 15) is 9.59 Å². The number of hydrogen-bond donors (Lipinski definition) is 0. The highest BCUT2D eigenvalue weighted by molar-refractivity contribution is 5.97. The molecule has 6 nitrogen and oxygen atoms in total. The Labute approximate surface area is 141 Å². The number of hydrogen-bond acceptors (Lipinski definition) is 6. The van der Waals surface area contributed by atoms with Gasteiger partial charge >= 0.3 is 11.9 Å². The summed E-state index contributed by atoms with van der Waals surface area (Å²) in [4.78, 5) is 24.7. The van der Waals surface area contributed by atoms with Crippen molar-refractivity contribution in [3.63, 3.8) is 0 Å². The van der Waals surface area contributed by atoms with Crippen molar-refractivity contribution in [3.8, 4) is 5.75 Å². The van der Waals surface area contributed by atoms with Crippen LogP contribution < -0.4 is 4.74 Å². The van der Waals surface area contributed by atoms with Crippen LogP contribution in [-0.4, -0.2) is 32.3 Å². The third-order valence-corrected chi connectivity index (χ3v) is 3.76. The number of carbonyl (C=O) groups is 2. The quantitative estimate of drug-likeness (QED) is 0.771. The summed E-state index contributed by atoms with van der Waals surface area (Å²) in [5, 5.41) is 0. The van der Waals surface area contributed by atoms with Gasteiger partial charge in [0.15, 0.2) is 0 Å². The molecular weight excluding hydrogens is 312 g/mol. The van der Waals surface area contributed by atoms with Crippen LogP contribution in [-0.2, 0) is 23.8 Å². The predicted octanol–water partition coefficient (Wildman–Crippen LogP) is 2.78. The topological polar surface area (TPSA) is 71.1 Å². The van der Waals surface area contributed by atoms with Crippen LogP contribution in [0.2, 0.25) is 0 Å². The van der Waals surface area contributed by atoms with Gasteiger partial charge in [-0.05, 0) is 38.5 Å². The summed E-state index contributed by atoms with van der Waals surface area (Å²) in [5.41, 5.74) is 0.953. The fourth-order valence-corrected chi connectivity index (χ4v) is 2.66. The van der Waals surface area contributed by atoms with Gasteiger partial charge in [-0.15, -0.1) is 0 Å². The highest BCUT2D eigenvalue weighted by Gasteiger charge is 2.46. The number of rotatable bonds is 5. The zero-order chi connectivity index (χ0) is 17.9. The average molecular weight is 334 g/mol. The van der Waals surface area contributed by atoms with Gasteiger partial charge in [0.1, 0.15) is 23.5 Å². The zero-order valence-corrected chi connectivity index (χ0v) is 14.5. The summed E-state index contributed by atoms with van der Waals surface area (Å²) < 4.78 is 21.1. The van der Waals surface area contributed by atoms with Crippen molar-refractivity contribution in [1.82, 2.24) is 0 Å². The number of methoxy groups -OCH3 is 2. The normalized spacial score (nSPS) is 19.9. The van der Waals surface area contributed by atoms with Gasteiger partial charge in [0.25, 0.3) is 0 Å². The van der Waals surface area contributed by atoms with Gasteiger partial charge < -0.3 is 18.9 Å². The van der Waals surface area contributed by atoms with Gasteiger partial charge in [-0.1, -0.05) is 12.1 Å². The number of benzene rings is 1. The molecule has 0 saturated heterocycles. The van der Waals surface area contributed by atoms with Gasteiger partial charge in [-0.3, -0.25) is 4.79 Å². The Hall–Kier alpha value is -2.50. The molecule has 0 bridgehead atoms. The lowest BCUT2D eigenvalue weighted by molar-refractivity contribution is -0.151. The Kier molecular flexibility index (Phi) is 5.49. The van der Waals surface area contributed by atoms with E-state index in [1.54, 1.807) is 52.1 Å². The Bertz CT molecular complexity index is 644. The molecule has 0 amide bonds. The highest BCUT2D eigenvalue weighted by Crippen LogP contribution is 2.42. The molecule has 0 aromatic heterocycles. The van der Waals surface area contributed by atoms with Crippen LogP contribution in [0.1, 0.15) is 32.4 Å². The van der Waals surface area contributed by atoms with Crippen molar-refractivity contribution >= 4 is 11.9 Å². The predicted molar refractivity (Wildman–Crippen MR) is 86.3 cm³/mol. The summed E-state index contributed by atoms with van der Waals surface area (Å²) >= 11 is 0. The molecule has 1 aliphatic rings. The fraction of sp³-hybridized carbons (Fsp3) is 0.444. The van der Waals surface area contributed by atoms with Crippen LogP contribution in [0.5, 0.6) is 5.75 Å². The van der Waals surface area contributed by atoms with Gasteiger partial charge in [0.2, 0.25) is 0 Å². The second-order valence-electron chi connectivity index (χ2n) is 5.74. The van der Waals surface area contributed by atoms with Crippen molar-refractivity contribution in [2.45, 2.75) is 33.0 Å². The van der Waals surface area contributed by atoms with Crippen LogP contribution in [0.4, 0.5) is 0 Å². The lowest BCUT2D eigenvalue weighted by Crippen LogP contribution is -2.27. The third-order valence-electron chi connectivity index (χ3n) is 3.76.